The van der Waals surface area contributed by atoms with E-state index in [1.807, 2.05) is 0 Å². The van der Waals surface area contributed by atoms with Crippen LogP contribution in [0.25, 0.3) is 0 Å². The molecule has 0 spiro atoms. The largest absolute Gasteiger partial charge is 0.468 e. The number of amides is 1. The first-order valence-electron chi connectivity index (χ1n) is 6.23. The van der Waals surface area contributed by atoms with Gasteiger partial charge in [-0.3, -0.25) is 14.2 Å². The lowest BCUT2D eigenvalue weighted by Crippen LogP contribution is -2.48. The Labute approximate surface area is 111 Å². The zero-order valence-corrected chi connectivity index (χ0v) is 11.2. The Kier molecular flexibility index (Phi) is 4.16. The SMILES string of the molecule is COc1nc(C)cc(=O)n1CC(=O)N1CCNCC1. The number of carbonyl (C=O) groups is 1. The smallest absolute Gasteiger partial charge is 0.299 e. The Morgan fingerprint density at radius 3 is 2.79 bits per heavy atom. The first-order valence-corrected chi connectivity index (χ1v) is 6.23. The molecule has 2 heterocycles. The molecular weight excluding hydrogens is 248 g/mol. The van der Waals surface area contributed by atoms with Gasteiger partial charge >= 0.3 is 0 Å². The topological polar surface area (TPSA) is 76.5 Å². The second-order valence-electron chi connectivity index (χ2n) is 4.44. The first-order chi connectivity index (χ1) is 9.11. The number of carbonyl (C=O) groups excluding carboxylic acids is 1. The zero-order valence-electron chi connectivity index (χ0n) is 11.2. The van der Waals surface area contributed by atoms with Crippen LogP contribution in [0.4, 0.5) is 0 Å². The summed E-state index contributed by atoms with van der Waals surface area (Å²) in [6, 6.07) is 1.57. The molecule has 0 atom stereocenters. The highest BCUT2D eigenvalue weighted by molar-refractivity contribution is 5.76. The van der Waals surface area contributed by atoms with Crippen LogP contribution in [0, 0.1) is 6.92 Å². The van der Waals surface area contributed by atoms with Gasteiger partial charge in [0.25, 0.3) is 11.6 Å². The summed E-state index contributed by atoms with van der Waals surface area (Å²) in [6.07, 6.45) is 0. The molecule has 1 aromatic heterocycles. The molecule has 1 amide bonds. The van der Waals surface area contributed by atoms with Gasteiger partial charge in [-0.05, 0) is 6.92 Å². The van der Waals surface area contributed by atoms with E-state index in [4.69, 9.17) is 4.74 Å². The minimum atomic E-state index is -0.271. The van der Waals surface area contributed by atoms with Crippen molar-refractivity contribution >= 4 is 5.91 Å². The molecule has 0 radical (unpaired) electrons. The molecule has 1 aliphatic rings. The van der Waals surface area contributed by atoms with Crippen molar-refractivity contribution in [3.63, 3.8) is 0 Å². The lowest BCUT2D eigenvalue weighted by atomic mass is 10.3. The van der Waals surface area contributed by atoms with E-state index >= 15 is 0 Å². The van der Waals surface area contributed by atoms with E-state index in [9.17, 15) is 9.59 Å². The summed E-state index contributed by atoms with van der Waals surface area (Å²) < 4.78 is 6.33. The van der Waals surface area contributed by atoms with E-state index in [2.05, 4.69) is 10.3 Å². The van der Waals surface area contributed by atoms with Crippen LogP contribution in [0.5, 0.6) is 6.01 Å². The van der Waals surface area contributed by atoms with Crippen LogP contribution in [-0.4, -0.2) is 53.6 Å². The summed E-state index contributed by atoms with van der Waals surface area (Å²) in [5.41, 5.74) is 0.306. The van der Waals surface area contributed by atoms with Crippen LogP contribution in [0.1, 0.15) is 5.69 Å². The van der Waals surface area contributed by atoms with Gasteiger partial charge in [0.05, 0.1) is 7.11 Å². The lowest BCUT2D eigenvalue weighted by Gasteiger charge is -2.27. The summed E-state index contributed by atoms with van der Waals surface area (Å²) in [6.45, 7) is 4.57. The fourth-order valence-corrected chi connectivity index (χ4v) is 2.05. The normalized spacial score (nSPS) is 15.4. The third-order valence-corrected chi connectivity index (χ3v) is 3.05. The summed E-state index contributed by atoms with van der Waals surface area (Å²) >= 11 is 0. The van der Waals surface area contributed by atoms with Gasteiger partial charge in [0.15, 0.2) is 0 Å². The Hall–Kier alpha value is -1.89. The van der Waals surface area contributed by atoms with Crippen LogP contribution in [0.3, 0.4) is 0 Å². The number of piperazine rings is 1. The molecule has 19 heavy (non-hydrogen) atoms. The number of aromatic nitrogens is 2. The van der Waals surface area contributed by atoms with Crippen molar-refractivity contribution in [3.05, 3.63) is 22.1 Å². The van der Waals surface area contributed by atoms with Crippen molar-refractivity contribution in [2.75, 3.05) is 33.3 Å². The third-order valence-electron chi connectivity index (χ3n) is 3.05. The minimum Gasteiger partial charge on any atom is -0.468 e. The molecule has 1 fully saturated rings. The van der Waals surface area contributed by atoms with Crippen LogP contribution >= 0.6 is 0 Å². The van der Waals surface area contributed by atoms with Crippen LogP contribution in [0.15, 0.2) is 10.9 Å². The molecule has 0 saturated carbocycles. The highest BCUT2D eigenvalue weighted by Gasteiger charge is 2.19. The Morgan fingerprint density at radius 1 is 1.47 bits per heavy atom. The molecule has 7 nitrogen and oxygen atoms in total. The van der Waals surface area contributed by atoms with Crippen molar-refractivity contribution in [2.24, 2.45) is 0 Å². The van der Waals surface area contributed by atoms with Crippen molar-refractivity contribution in [1.82, 2.24) is 19.8 Å². The van der Waals surface area contributed by atoms with Gasteiger partial charge < -0.3 is 15.0 Å². The van der Waals surface area contributed by atoms with E-state index in [0.717, 1.165) is 13.1 Å². The van der Waals surface area contributed by atoms with E-state index in [0.29, 0.717) is 18.8 Å². The molecule has 2 rings (SSSR count). The second kappa shape index (κ2) is 5.83. The van der Waals surface area contributed by atoms with Crippen LogP contribution in [-0.2, 0) is 11.3 Å². The number of nitrogens with zero attached hydrogens (tertiary/aromatic N) is 3. The number of rotatable bonds is 3. The fraction of sp³-hybridized carbons (Fsp3) is 0.583. The standard InChI is InChI=1S/C12H18N4O3/c1-9-7-10(17)16(12(14-9)19-2)8-11(18)15-5-3-13-4-6-15/h7,13H,3-6,8H2,1-2H3. The predicted molar refractivity (Wildman–Crippen MR) is 69.2 cm³/mol. The van der Waals surface area contributed by atoms with Gasteiger partial charge in [-0.2, -0.15) is 0 Å². The average molecular weight is 266 g/mol. The minimum absolute atomic E-state index is 0.0325. The molecule has 0 aliphatic carbocycles. The first kappa shape index (κ1) is 13.5. The van der Waals surface area contributed by atoms with Crippen LogP contribution < -0.4 is 15.6 Å². The summed E-state index contributed by atoms with van der Waals surface area (Å²) in [5, 5.41) is 3.18. The van der Waals surface area contributed by atoms with Crippen molar-refractivity contribution in [3.8, 4) is 6.01 Å². The highest BCUT2D eigenvalue weighted by Crippen LogP contribution is 2.05. The molecule has 7 heteroatoms. The predicted octanol–water partition coefficient (Wildman–Crippen LogP) is -1.01. The number of nitrogens with one attached hydrogen (secondary N) is 1. The van der Waals surface area contributed by atoms with Gasteiger partial charge in [0.1, 0.15) is 6.54 Å². The monoisotopic (exact) mass is 266 g/mol. The van der Waals surface area contributed by atoms with Crippen molar-refractivity contribution < 1.29 is 9.53 Å². The molecular formula is C12H18N4O3. The Morgan fingerprint density at radius 2 is 2.16 bits per heavy atom. The number of aryl methyl sites for hydroxylation is 1. The van der Waals surface area contributed by atoms with Crippen LogP contribution in [0.2, 0.25) is 0 Å². The highest BCUT2D eigenvalue weighted by atomic mass is 16.5. The Bertz CT molecular complexity index is 520. The maximum absolute atomic E-state index is 12.1. The fourth-order valence-electron chi connectivity index (χ4n) is 2.05. The second-order valence-corrected chi connectivity index (χ2v) is 4.44. The van der Waals surface area contributed by atoms with Gasteiger partial charge in [0.2, 0.25) is 5.91 Å². The summed E-state index contributed by atoms with van der Waals surface area (Å²) in [5.74, 6) is -0.0902. The molecule has 1 aliphatic heterocycles. The zero-order chi connectivity index (χ0) is 13.8. The molecule has 1 N–H and O–H groups in total. The van der Waals surface area contributed by atoms with E-state index in [-0.39, 0.29) is 24.0 Å². The number of hydrogen-bond acceptors (Lipinski definition) is 5. The van der Waals surface area contributed by atoms with Gasteiger partial charge in [-0.1, -0.05) is 0 Å². The third kappa shape index (κ3) is 3.11. The molecule has 0 bridgehead atoms. The molecule has 0 aromatic carbocycles. The quantitative estimate of drug-likeness (QED) is 0.759. The number of ether oxygens (including phenoxy) is 1. The van der Waals surface area contributed by atoms with Gasteiger partial charge in [0, 0.05) is 37.9 Å². The summed E-state index contributed by atoms with van der Waals surface area (Å²) in [4.78, 5) is 29.9. The van der Waals surface area contributed by atoms with Gasteiger partial charge in [-0.15, -0.1) is 0 Å². The molecule has 104 valence electrons. The number of hydrogen-bond donors (Lipinski definition) is 1. The molecule has 0 unspecified atom stereocenters. The molecule has 1 aromatic rings. The summed E-state index contributed by atoms with van der Waals surface area (Å²) in [7, 11) is 1.44. The maximum atomic E-state index is 12.1. The van der Waals surface area contributed by atoms with Crippen molar-refractivity contribution in [2.45, 2.75) is 13.5 Å². The Balaban J connectivity index is 2.18. The van der Waals surface area contributed by atoms with Gasteiger partial charge in [-0.25, -0.2) is 4.98 Å². The van der Waals surface area contributed by atoms with E-state index < -0.39 is 0 Å². The number of methoxy groups -OCH3 is 1. The maximum Gasteiger partial charge on any atom is 0.299 e. The van der Waals surface area contributed by atoms with Crippen molar-refractivity contribution in [1.29, 1.82) is 0 Å². The lowest BCUT2D eigenvalue weighted by molar-refractivity contribution is -0.132. The molecule has 1 saturated heterocycles. The van der Waals surface area contributed by atoms with E-state index in [1.54, 1.807) is 11.8 Å². The van der Waals surface area contributed by atoms with E-state index in [1.165, 1.54) is 17.7 Å². The average Bonchev–Trinajstić information content (AvgIpc) is 2.42.